The maximum atomic E-state index is 12.3. The molecule has 112 valence electrons. The summed E-state index contributed by atoms with van der Waals surface area (Å²) < 4.78 is 27.8. The Bertz CT molecular complexity index is 778. The van der Waals surface area contributed by atoms with E-state index in [9.17, 15) is 13.5 Å². The minimum Gasteiger partial charge on any atom is -0.392 e. The molecule has 0 bridgehead atoms. The highest BCUT2D eigenvalue weighted by Gasteiger charge is 2.16. The van der Waals surface area contributed by atoms with Gasteiger partial charge in [0.05, 0.1) is 22.2 Å². The first-order valence-electron chi connectivity index (χ1n) is 6.02. The molecule has 2 rings (SSSR count). The number of halogens is 2. The van der Waals surface area contributed by atoms with Gasteiger partial charge in [0.2, 0.25) is 0 Å². The summed E-state index contributed by atoms with van der Waals surface area (Å²) in [7, 11) is -3.73. The fraction of sp³-hybridized carbons (Fsp3) is 0.143. The molecule has 2 aromatic carbocycles. The summed E-state index contributed by atoms with van der Waals surface area (Å²) in [4.78, 5) is 0.0937. The Hall–Kier alpha value is -1.08. The van der Waals surface area contributed by atoms with E-state index in [-0.39, 0.29) is 11.5 Å². The zero-order valence-corrected chi connectivity index (χ0v) is 14.3. The highest BCUT2D eigenvalue weighted by Crippen LogP contribution is 2.27. The monoisotopic (exact) mass is 389 g/mol. The van der Waals surface area contributed by atoms with Crippen LogP contribution in [0.3, 0.4) is 0 Å². The van der Waals surface area contributed by atoms with Crippen molar-refractivity contribution in [2.45, 2.75) is 18.4 Å². The van der Waals surface area contributed by atoms with Crippen LogP contribution in [0.4, 0.5) is 5.69 Å². The molecule has 0 saturated carbocycles. The third-order valence-electron chi connectivity index (χ3n) is 2.97. The summed E-state index contributed by atoms with van der Waals surface area (Å²) in [5.74, 6) is 0. The zero-order chi connectivity index (χ0) is 15.6. The number of aliphatic hydroxyl groups excluding tert-OH is 1. The molecule has 2 aromatic rings. The smallest absolute Gasteiger partial charge is 0.261 e. The van der Waals surface area contributed by atoms with Crippen LogP contribution in [0, 0.1) is 6.92 Å². The number of anilines is 1. The highest BCUT2D eigenvalue weighted by molar-refractivity contribution is 9.10. The molecule has 0 aliphatic rings. The maximum absolute atomic E-state index is 12.3. The summed E-state index contributed by atoms with van der Waals surface area (Å²) in [5, 5.41) is 9.64. The van der Waals surface area contributed by atoms with E-state index in [2.05, 4.69) is 20.7 Å². The van der Waals surface area contributed by atoms with Gasteiger partial charge in [-0.3, -0.25) is 4.72 Å². The molecular formula is C14H13BrClNO3S. The molecule has 0 amide bonds. The minimum atomic E-state index is -3.73. The number of benzene rings is 2. The second-order valence-corrected chi connectivity index (χ2v) is 7.42. The number of hydrogen-bond acceptors (Lipinski definition) is 3. The minimum absolute atomic E-state index is 0.0937. The number of aryl methyl sites for hydroxylation is 1. The summed E-state index contributed by atoms with van der Waals surface area (Å²) in [6.45, 7) is 1.60. The van der Waals surface area contributed by atoms with Crippen LogP contribution in [0.1, 0.15) is 11.1 Å². The number of aliphatic hydroxyl groups is 1. The van der Waals surface area contributed by atoms with Crippen LogP contribution in [0.25, 0.3) is 0 Å². The van der Waals surface area contributed by atoms with Gasteiger partial charge in [-0.1, -0.05) is 17.7 Å². The van der Waals surface area contributed by atoms with Gasteiger partial charge in [0.15, 0.2) is 0 Å². The summed E-state index contributed by atoms with van der Waals surface area (Å²) >= 11 is 9.19. The SMILES string of the molecule is Cc1ccc(S(=O)(=O)Nc2ccc(Br)c(Cl)c2)cc1CO. The summed E-state index contributed by atoms with van der Waals surface area (Å²) in [5.41, 5.74) is 1.78. The van der Waals surface area contributed by atoms with Crippen molar-refractivity contribution in [1.29, 1.82) is 0 Å². The molecule has 0 fully saturated rings. The lowest BCUT2D eigenvalue weighted by atomic mass is 10.1. The second-order valence-electron chi connectivity index (χ2n) is 4.48. The first-order valence-corrected chi connectivity index (χ1v) is 8.67. The zero-order valence-electron chi connectivity index (χ0n) is 11.1. The number of rotatable bonds is 4. The summed E-state index contributed by atoms with van der Waals surface area (Å²) in [6.07, 6.45) is 0. The molecule has 0 unspecified atom stereocenters. The Labute approximate surface area is 136 Å². The molecule has 4 nitrogen and oxygen atoms in total. The van der Waals surface area contributed by atoms with E-state index in [1.165, 1.54) is 18.2 Å². The van der Waals surface area contributed by atoms with Gasteiger partial charge in [0.25, 0.3) is 10.0 Å². The Morgan fingerprint density at radius 1 is 1.24 bits per heavy atom. The number of hydrogen-bond donors (Lipinski definition) is 2. The lowest BCUT2D eigenvalue weighted by Crippen LogP contribution is -2.13. The molecule has 0 atom stereocenters. The molecule has 0 heterocycles. The Morgan fingerprint density at radius 2 is 1.95 bits per heavy atom. The molecule has 0 saturated heterocycles. The largest absolute Gasteiger partial charge is 0.392 e. The standard InChI is InChI=1S/C14H13BrClNO3S/c1-9-2-4-12(6-10(9)8-18)21(19,20)17-11-3-5-13(15)14(16)7-11/h2-7,17-18H,8H2,1H3. The van der Waals surface area contributed by atoms with E-state index < -0.39 is 10.0 Å². The molecule has 0 aromatic heterocycles. The van der Waals surface area contributed by atoms with E-state index in [0.717, 1.165) is 5.56 Å². The predicted molar refractivity (Wildman–Crippen MR) is 87.1 cm³/mol. The van der Waals surface area contributed by atoms with Crippen molar-refractivity contribution in [3.63, 3.8) is 0 Å². The fourth-order valence-corrected chi connectivity index (χ4v) is 3.29. The van der Waals surface area contributed by atoms with E-state index in [1.807, 2.05) is 6.92 Å². The van der Waals surface area contributed by atoms with Gasteiger partial charge in [-0.2, -0.15) is 0 Å². The van der Waals surface area contributed by atoms with Crippen LogP contribution in [-0.4, -0.2) is 13.5 Å². The van der Waals surface area contributed by atoms with Crippen molar-refractivity contribution in [1.82, 2.24) is 0 Å². The topological polar surface area (TPSA) is 66.4 Å². The second kappa shape index (κ2) is 6.36. The molecule has 0 aliphatic carbocycles. The van der Waals surface area contributed by atoms with Crippen LogP contribution in [-0.2, 0) is 16.6 Å². The van der Waals surface area contributed by atoms with Gasteiger partial charge in [-0.05, 0) is 64.3 Å². The van der Waals surface area contributed by atoms with Gasteiger partial charge in [0, 0.05) is 4.47 Å². The number of sulfonamides is 1. The van der Waals surface area contributed by atoms with Crippen molar-refractivity contribution in [3.05, 3.63) is 57.0 Å². The van der Waals surface area contributed by atoms with Crippen LogP contribution >= 0.6 is 27.5 Å². The molecule has 21 heavy (non-hydrogen) atoms. The van der Waals surface area contributed by atoms with Crippen molar-refractivity contribution >= 4 is 43.2 Å². The molecule has 2 N–H and O–H groups in total. The molecule has 0 radical (unpaired) electrons. The Morgan fingerprint density at radius 3 is 2.57 bits per heavy atom. The Balaban J connectivity index is 2.35. The lowest BCUT2D eigenvalue weighted by molar-refractivity contribution is 0.281. The van der Waals surface area contributed by atoms with E-state index in [1.54, 1.807) is 18.2 Å². The number of nitrogens with one attached hydrogen (secondary N) is 1. The van der Waals surface area contributed by atoms with Crippen molar-refractivity contribution in [2.75, 3.05) is 4.72 Å². The average Bonchev–Trinajstić information content (AvgIpc) is 2.43. The van der Waals surface area contributed by atoms with Crippen LogP contribution < -0.4 is 4.72 Å². The van der Waals surface area contributed by atoms with E-state index in [4.69, 9.17) is 11.6 Å². The van der Waals surface area contributed by atoms with Gasteiger partial charge in [-0.25, -0.2) is 8.42 Å². The van der Waals surface area contributed by atoms with Crippen molar-refractivity contribution in [2.24, 2.45) is 0 Å². The molecule has 0 spiro atoms. The third kappa shape index (κ3) is 3.77. The van der Waals surface area contributed by atoms with E-state index in [0.29, 0.717) is 20.7 Å². The average molecular weight is 391 g/mol. The fourth-order valence-electron chi connectivity index (χ4n) is 1.76. The first kappa shape index (κ1) is 16.3. The normalized spacial score (nSPS) is 11.4. The molecule has 0 aliphatic heterocycles. The first-order chi connectivity index (χ1) is 9.83. The highest BCUT2D eigenvalue weighted by atomic mass is 79.9. The molecular weight excluding hydrogens is 378 g/mol. The third-order valence-corrected chi connectivity index (χ3v) is 5.58. The van der Waals surface area contributed by atoms with Gasteiger partial charge < -0.3 is 5.11 Å². The summed E-state index contributed by atoms with van der Waals surface area (Å²) in [6, 6.07) is 9.40. The van der Waals surface area contributed by atoms with Gasteiger partial charge >= 0.3 is 0 Å². The van der Waals surface area contributed by atoms with Crippen LogP contribution in [0.5, 0.6) is 0 Å². The van der Waals surface area contributed by atoms with Crippen molar-refractivity contribution < 1.29 is 13.5 Å². The predicted octanol–water partition coefficient (Wildman–Crippen LogP) is 3.70. The van der Waals surface area contributed by atoms with Crippen LogP contribution in [0.2, 0.25) is 5.02 Å². The lowest BCUT2D eigenvalue weighted by Gasteiger charge is -2.11. The van der Waals surface area contributed by atoms with Crippen LogP contribution in [0.15, 0.2) is 45.8 Å². The van der Waals surface area contributed by atoms with Gasteiger partial charge in [-0.15, -0.1) is 0 Å². The molecule has 7 heteroatoms. The van der Waals surface area contributed by atoms with E-state index >= 15 is 0 Å². The van der Waals surface area contributed by atoms with Crippen molar-refractivity contribution in [3.8, 4) is 0 Å². The quantitative estimate of drug-likeness (QED) is 0.836. The Kier molecular flexibility index (Phi) is 4.93. The maximum Gasteiger partial charge on any atom is 0.261 e. The van der Waals surface area contributed by atoms with Gasteiger partial charge in [0.1, 0.15) is 0 Å².